The van der Waals surface area contributed by atoms with Gasteiger partial charge in [0, 0.05) is 30.6 Å². The Kier molecular flexibility index (Phi) is 3.51. The molecule has 1 atom stereocenters. The third kappa shape index (κ3) is 2.44. The minimum absolute atomic E-state index is 0.198. The molecule has 1 spiro atoms. The van der Waals surface area contributed by atoms with Crippen molar-refractivity contribution in [2.24, 2.45) is 17.1 Å². The molecule has 0 aromatic carbocycles. The molecule has 1 aromatic heterocycles. The van der Waals surface area contributed by atoms with Gasteiger partial charge in [-0.25, -0.2) is 4.98 Å². The number of primary amides is 1. The normalized spacial score (nSPS) is 25.3. The van der Waals surface area contributed by atoms with Gasteiger partial charge in [-0.2, -0.15) is 0 Å². The number of rotatable bonds is 3. The van der Waals surface area contributed by atoms with Gasteiger partial charge in [0.25, 0.3) is 5.91 Å². The second kappa shape index (κ2) is 5.46. The summed E-state index contributed by atoms with van der Waals surface area (Å²) in [6.07, 6.45) is 6.69. The van der Waals surface area contributed by atoms with Gasteiger partial charge in [-0.1, -0.05) is 6.42 Å². The molecule has 2 saturated carbocycles. The van der Waals surface area contributed by atoms with E-state index in [-0.39, 0.29) is 17.3 Å². The summed E-state index contributed by atoms with van der Waals surface area (Å²) in [6, 6.07) is 3.49. The number of nitrogens with zero attached hydrogens (tertiary/aromatic N) is 2. The molecule has 3 fully saturated rings. The number of carbonyl (C=O) groups is 2. The van der Waals surface area contributed by atoms with Gasteiger partial charge in [0.1, 0.15) is 5.82 Å². The number of likely N-dealkylation sites (tertiary alicyclic amines) is 1. The average molecular weight is 328 g/mol. The monoisotopic (exact) mass is 328 g/mol. The van der Waals surface area contributed by atoms with Crippen molar-refractivity contribution in [3.8, 4) is 0 Å². The van der Waals surface area contributed by atoms with Crippen LogP contribution in [0, 0.1) is 11.3 Å². The number of nitrogen functional groups attached to an aromatic ring is 1. The fraction of sp³-hybridized carbons (Fsp3) is 0.611. The second-order valence-corrected chi connectivity index (χ2v) is 7.61. The zero-order chi connectivity index (χ0) is 16.9. The molecule has 1 unspecified atom stereocenters. The van der Waals surface area contributed by atoms with E-state index in [1.54, 1.807) is 6.07 Å². The van der Waals surface area contributed by atoms with Crippen molar-refractivity contribution in [1.82, 2.24) is 9.88 Å². The zero-order valence-electron chi connectivity index (χ0n) is 13.8. The van der Waals surface area contributed by atoms with Gasteiger partial charge >= 0.3 is 0 Å². The largest absolute Gasteiger partial charge is 0.383 e. The molecule has 2 aliphatic carbocycles. The number of amides is 2. The summed E-state index contributed by atoms with van der Waals surface area (Å²) in [5.74, 6) is 0.594. The predicted molar refractivity (Wildman–Crippen MR) is 90.1 cm³/mol. The molecule has 128 valence electrons. The third-order valence-electron chi connectivity index (χ3n) is 6.27. The van der Waals surface area contributed by atoms with E-state index in [0.29, 0.717) is 17.2 Å². The molecule has 1 aromatic rings. The van der Waals surface area contributed by atoms with Crippen molar-refractivity contribution in [2.45, 2.75) is 44.4 Å². The molecular formula is C18H24N4O2. The van der Waals surface area contributed by atoms with E-state index in [4.69, 9.17) is 11.5 Å². The van der Waals surface area contributed by atoms with Gasteiger partial charge in [-0.05, 0) is 49.7 Å². The number of pyridine rings is 1. The molecule has 4 N–H and O–H groups in total. The molecule has 6 heteroatoms. The van der Waals surface area contributed by atoms with Crippen LogP contribution in [0.15, 0.2) is 12.1 Å². The molecule has 2 amide bonds. The lowest BCUT2D eigenvalue weighted by molar-refractivity contribution is -0.135. The molecule has 1 aliphatic heterocycles. The maximum absolute atomic E-state index is 12.6. The summed E-state index contributed by atoms with van der Waals surface area (Å²) in [5.41, 5.74) is 12.7. The van der Waals surface area contributed by atoms with E-state index in [1.165, 1.54) is 19.3 Å². The topological polar surface area (TPSA) is 102 Å². The molecule has 24 heavy (non-hydrogen) atoms. The highest BCUT2D eigenvalue weighted by molar-refractivity contribution is 5.97. The fourth-order valence-electron chi connectivity index (χ4n) is 4.42. The van der Waals surface area contributed by atoms with Gasteiger partial charge in [-0.15, -0.1) is 0 Å². The van der Waals surface area contributed by atoms with Gasteiger partial charge in [-0.3, -0.25) is 9.59 Å². The van der Waals surface area contributed by atoms with Crippen LogP contribution in [0.2, 0.25) is 0 Å². The standard InChI is InChI=1S/C18H24N4O2/c19-15-12(16(20)23)2-3-14(21-15)11-4-8-22(9-5-11)17(24)13-10-18(13)6-1-7-18/h2-3,11,13H,1,4-10H2,(H2,19,21)(H2,20,23). The third-order valence-corrected chi connectivity index (χ3v) is 6.27. The number of hydrogen-bond donors (Lipinski definition) is 2. The van der Waals surface area contributed by atoms with Crippen molar-refractivity contribution in [3.63, 3.8) is 0 Å². The van der Waals surface area contributed by atoms with E-state index < -0.39 is 5.91 Å². The minimum Gasteiger partial charge on any atom is -0.383 e. The molecule has 6 nitrogen and oxygen atoms in total. The number of aromatic nitrogens is 1. The summed E-state index contributed by atoms with van der Waals surface area (Å²) in [7, 11) is 0. The lowest BCUT2D eigenvalue weighted by Gasteiger charge is -2.34. The highest BCUT2D eigenvalue weighted by Crippen LogP contribution is 2.66. The highest BCUT2D eigenvalue weighted by atomic mass is 16.2. The van der Waals surface area contributed by atoms with Crippen molar-refractivity contribution in [1.29, 1.82) is 0 Å². The smallest absolute Gasteiger partial charge is 0.252 e. The van der Waals surface area contributed by atoms with Crippen molar-refractivity contribution < 1.29 is 9.59 Å². The average Bonchev–Trinajstić information content (AvgIpc) is 3.30. The first-order valence-electron chi connectivity index (χ1n) is 8.85. The van der Waals surface area contributed by atoms with Crippen molar-refractivity contribution >= 4 is 17.6 Å². The Labute approximate surface area is 141 Å². The molecule has 4 rings (SSSR count). The van der Waals surface area contributed by atoms with Gasteiger partial charge in [0.05, 0.1) is 5.56 Å². The van der Waals surface area contributed by atoms with Crippen LogP contribution in [0.25, 0.3) is 0 Å². The first-order chi connectivity index (χ1) is 11.5. The molecular weight excluding hydrogens is 304 g/mol. The molecule has 0 bridgehead atoms. The molecule has 0 radical (unpaired) electrons. The summed E-state index contributed by atoms with van der Waals surface area (Å²) in [4.78, 5) is 30.3. The number of nitrogens with two attached hydrogens (primary N) is 2. The van der Waals surface area contributed by atoms with Gasteiger partial charge in [0.2, 0.25) is 5.91 Å². The first-order valence-corrected chi connectivity index (χ1v) is 8.85. The van der Waals surface area contributed by atoms with E-state index in [1.807, 2.05) is 11.0 Å². The Hall–Kier alpha value is -2.11. The number of hydrogen-bond acceptors (Lipinski definition) is 4. The van der Waals surface area contributed by atoms with Crippen LogP contribution in [0.4, 0.5) is 5.82 Å². The maximum Gasteiger partial charge on any atom is 0.252 e. The Morgan fingerprint density at radius 3 is 2.42 bits per heavy atom. The van der Waals surface area contributed by atoms with E-state index >= 15 is 0 Å². The number of anilines is 1. The van der Waals surface area contributed by atoms with Crippen LogP contribution in [-0.2, 0) is 4.79 Å². The van der Waals surface area contributed by atoms with Gasteiger partial charge < -0.3 is 16.4 Å². The molecule has 2 heterocycles. The zero-order valence-corrected chi connectivity index (χ0v) is 13.8. The lowest BCUT2D eigenvalue weighted by Crippen LogP contribution is -2.40. The summed E-state index contributed by atoms with van der Waals surface area (Å²) in [6.45, 7) is 1.57. The Morgan fingerprint density at radius 1 is 1.21 bits per heavy atom. The van der Waals surface area contributed by atoms with Gasteiger partial charge in [0.15, 0.2) is 0 Å². The van der Waals surface area contributed by atoms with E-state index in [9.17, 15) is 9.59 Å². The van der Waals surface area contributed by atoms with Crippen molar-refractivity contribution in [2.75, 3.05) is 18.8 Å². The Balaban J connectivity index is 1.37. The Morgan fingerprint density at radius 2 is 1.92 bits per heavy atom. The van der Waals surface area contributed by atoms with E-state index in [0.717, 1.165) is 38.0 Å². The van der Waals surface area contributed by atoms with Crippen LogP contribution in [0.1, 0.15) is 60.5 Å². The number of piperidine rings is 1. The molecule has 1 saturated heterocycles. The summed E-state index contributed by atoms with van der Waals surface area (Å²) >= 11 is 0. The summed E-state index contributed by atoms with van der Waals surface area (Å²) in [5, 5.41) is 0. The quantitative estimate of drug-likeness (QED) is 0.880. The highest BCUT2D eigenvalue weighted by Gasteiger charge is 2.61. The SMILES string of the molecule is NC(=O)c1ccc(C2CCN(C(=O)C3CC34CCC4)CC2)nc1N. The van der Waals surface area contributed by atoms with Crippen LogP contribution in [0.3, 0.4) is 0 Å². The van der Waals surface area contributed by atoms with Crippen LogP contribution in [-0.4, -0.2) is 34.8 Å². The Bertz CT molecular complexity index is 690. The summed E-state index contributed by atoms with van der Waals surface area (Å²) < 4.78 is 0. The predicted octanol–water partition coefficient (Wildman–Crippen LogP) is 1.66. The maximum atomic E-state index is 12.6. The number of carbonyl (C=O) groups excluding carboxylic acids is 2. The van der Waals surface area contributed by atoms with Crippen molar-refractivity contribution in [3.05, 3.63) is 23.4 Å². The molecule has 3 aliphatic rings. The van der Waals surface area contributed by atoms with Crippen LogP contribution in [0.5, 0.6) is 0 Å². The van der Waals surface area contributed by atoms with Crippen LogP contribution < -0.4 is 11.5 Å². The lowest BCUT2D eigenvalue weighted by atomic mass is 9.79. The van der Waals surface area contributed by atoms with Crippen LogP contribution >= 0.6 is 0 Å². The van der Waals surface area contributed by atoms with E-state index in [2.05, 4.69) is 4.98 Å². The minimum atomic E-state index is -0.554. The first kappa shape index (κ1) is 15.4. The second-order valence-electron chi connectivity index (χ2n) is 7.61. The fourth-order valence-corrected chi connectivity index (χ4v) is 4.42.